The molecule has 1 amide bonds. The van der Waals surface area contributed by atoms with Gasteiger partial charge in [-0.05, 0) is 36.8 Å². The summed E-state index contributed by atoms with van der Waals surface area (Å²) in [6, 6.07) is 13.3. The SMILES string of the molecule is CCCCOc1ncccc1CNC(=O)c1c[nH]c(=S)n1-c1ccccc1. The van der Waals surface area contributed by atoms with Gasteiger partial charge in [0.1, 0.15) is 5.69 Å². The number of aromatic amines is 1. The van der Waals surface area contributed by atoms with E-state index < -0.39 is 0 Å². The minimum atomic E-state index is -0.227. The van der Waals surface area contributed by atoms with E-state index in [0.29, 0.717) is 29.5 Å². The number of hydrogen-bond donors (Lipinski definition) is 2. The van der Waals surface area contributed by atoms with Crippen molar-refractivity contribution >= 4 is 18.1 Å². The number of H-pyrrole nitrogens is 1. The molecular formula is C20H22N4O2S. The summed E-state index contributed by atoms with van der Waals surface area (Å²) in [5, 5.41) is 2.92. The number of nitrogens with zero attached hydrogens (tertiary/aromatic N) is 2. The second-order valence-electron chi connectivity index (χ2n) is 6.00. The lowest BCUT2D eigenvalue weighted by atomic mass is 10.2. The Morgan fingerprint density at radius 2 is 2.07 bits per heavy atom. The number of carbonyl (C=O) groups is 1. The fourth-order valence-corrected chi connectivity index (χ4v) is 2.90. The number of unbranched alkanes of at least 4 members (excludes halogenated alkanes) is 1. The van der Waals surface area contributed by atoms with Gasteiger partial charge < -0.3 is 15.0 Å². The van der Waals surface area contributed by atoms with Crippen molar-refractivity contribution in [2.75, 3.05) is 6.61 Å². The van der Waals surface area contributed by atoms with Crippen molar-refractivity contribution < 1.29 is 9.53 Å². The van der Waals surface area contributed by atoms with Crippen molar-refractivity contribution in [2.45, 2.75) is 26.3 Å². The lowest BCUT2D eigenvalue weighted by Crippen LogP contribution is -2.25. The molecule has 0 atom stereocenters. The highest BCUT2D eigenvalue weighted by Crippen LogP contribution is 2.16. The van der Waals surface area contributed by atoms with Crippen LogP contribution < -0.4 is 10.1 Å². The normalized spacial score (nSPS) is 10.6. The fraction of sp³-hybridized carbons (Fsp3) is 0.250. The zero-order valence-corrected chi connectivity index (χ0v) is 16.0. The fourth-order valence-electron chi connectivity index (χ4n) is 2.64. The lowest BCUT2D eigenvalue weighted by Gasteiger charge is -2.12. The third kappa shape index (κ3) is 4.62. The predicted octanol–water partition coefficient (Wildman–Crippen LogP) is 4.04. The smallest absolute Gasteiger partial charge is 0.270 e. The Morgan fingerprint density at radius 1 is 1.26 bits per heavy atom. The zero-order chi connectivity index (χ0) is 19.1. The molecule has 7 heteroatoms. The zero-order valence-electron chi connectivity index (χ0n) is 15.1. The summed E-state index contributed by atoms with van der Waals surface area (Å²) in [7, 11) is 0. The summed E-state index contributed by atoms with van der Waals surface area (Å²) in [6.07, 6.45) is 5.32. The van der Waals surface area contributed by atoms with Crippen molar-refractivity contribution in [2.24, 2.45) is 0 Å². The van der Waals surface area contributed by atoms with Gasteiger partial charge in [0.25, 0.3) is 5.91 Å². The Bertz CT molecular complexity index is 950. The van der Waals surface area contributed by atoms with Gasteiger partial charge in [0.15, 0.2) is 4.77 Å². The molecule has 0 unspecified atom stereocenters. The number of imidazole rings is 1. The van der Waals surface area contributed by atoms with Crippen LogP contribution in [0.1, 0.15) is 35.8 Å². The second kappa shape index (κ2) is 9.14. The molecule has 0 aliphatic heterocycles. The molecule has 0 fully saturated rings. The third-order valence-corrected chi connectivity index (χ3v) is 4.35. The van der Waals surface area contributed by atoms with Gasteiger partial charge >= 0.3 is 0 Å². The molecule has 3 aromatic rings. The monoisotopic (exact) mass is 382 g/mol. The van der Waals surface area contributed by atoms with Crippen LogP contribution in [0, 0.1) is 4.77 Å². The first-order valence-corrected chi connectivity index (χ1v) is 9.32. The van der Waals surface area contributed by atoms with E-state index in [-0.39, 0.29) is 5.91 Å². The van der Waals surface area contributed by atoms with E-state index in [0.717, 1.165) is 24.1 Å². The molecule has 0 aliphatic rings. The number of pyridine rings is 1. The maximum absolute atomic E-state index is 12.7. The molecule has 0 spiro atoms. The number of nitrogens with one attached hydrogen (secondary N) is 2. The van der Waals surface area contributed by atoms with Gasteiger partial charge in [0.2, 0.25) is 5.88 Å². The summed E-state index contributed by atoms with van der Waals surface area (Å²) in [4.78, 5) is 19.9. The second-order valence-corrected chi connectivity index (χ2v) is 6.39. The Balaban J connectivity index is 1.74. The van der Waals surface area contributed by atoms with E-state index in [2.05, 4.69) is 22.2 Å². The predicted molar refractivity (Wildman–Crippen MR) is 107 cm³/mol. The first-order valence-electron chi connectivity index (χ1n) is 8.91. The highest BCUT2D eigenvalue weighted by molar-refractivity contribution is 7.71. The van der Waals surface area contributed by atoms with E-state index in [1.54, 1.807) is 17.0 Å². The molecule has 0 radical (unpaired) electrons. The first kappa shape index (κ1) is 18.8. The molecular weight excluding hydrogens is 360 g/mol. The number of para-hydroxylation sites is 1. The maximum Gasteiger partial charge on any atom is 0.270 e. The van der Waals surface area contributed by atoms with Crippen LogP contribution >= 0.6 is 12.2 Å². The van der Waals surface area contributed by atoms with Gasteiger partial charge in [-0.2, -0.15) is 0 Å². The summed E-state index contributed by atoms with van der Waals surface area (Å²) < 4.78 is 7.91. The highest BCUT2D eigenvalue weighted by Gasteiger charge is 2.15. The molecule has 3 rings (SSSR count). The van der Waals surface area contributed by atoms with Gasteiger partial charge in [-0.3, -0.25) is 9.36 Å². The van der Waals surface area contributed by atoms with Crippen molar-refractivity contribution in [3.63, 3.8) is 0 Å². The minimum Gasteiger partial charge on any atom is -0.477 e. The van der Waals surface area contributed by atoms with E-state index >= 15 is 0 Å². The van der Waals surface area contributed by atoms with Gasteiger partial charge in [-0.15, -0.1) is 0 Å². The number of amides is 1. The van der Waals surface area contributed by atoms with Crippen molar-refractivity contribution in [3.05, 3.63) is 70.9 Å². The summed E-state index contributed by atoms with van der Waals surface area (Å²) in [5.41, 5.74) is 2.12. The summed E-state index contributed by atoms with van der Waals surface area (Å²) >= 11 is 5.33. The molecule has 1 aromatic carbocycles. The molecule has 140 valence electrons. The molecule has 2 heterocycles. The van der Waals surface area contributed by atoms with Crippen LogP contribution in [0.4, 0.5) is 0 Å². The standard InChI is InChI=1S/C20H22N4O2S/c1-2-3-12-26-19-15(8-7-11-21-19)13-22-18(25)17-14-23-20(27)24(17)16-9-5-4-6-10-16/h4-11,14H,2-3,12-13H2,1H3,(H,22,25)(H,23,27). The molecule has 0 saturated heterocycles. The van der Waals surface area contributed by atoms with Crippen LogP contribution in [0.2, 0.25) is 0 Å². The Kier molecular flexibility index (Phi) is 6.38. The van der Waals surface area contributed by atoms with Crippen molar-refractivity contribution in [1.29, 1.82) is 0 Å². The molecule has 0 bridgehead atoms. The van der Waals surface area contributed by atoms with Gasteiger partial charge in [0, 0.05) is 30.2 Å². The van der Waals surface area contributed by atoms with E-state index in [9.17, 15) is 4.79 Å². The number of carbonyl (C=O) groups excluding carboxylic acids is 1. The molecule has 2 aromatic heterocycles. The lowest BCUT2D eigenvalue weighted by molar-refractivity contribution is 0.0943. The highest BCUT2D eigenvalue weighted by atomic mass is 32.1. The number of hydrogen-bond acceptors (Lipinski definition) is 4. The first-order chi connectivity index (χ1) is 13.2. The summed E-state index contributed by atoms with van der Waals surface area (Å²) in [6.45, 7) is 3.04. The molecule has 6 nitrogen and oxygen atoms in total. The van der Waals surface area contributed by atoms with Crippen LogP contribution in [-0.2, 0) is 6.54 Å². The van der Waals surface area contributed by atoms with E-state index in [1.165, 1.54) is 0 Å². The number of ether oxygens (including phenoxy) is 1. The third-order valence-electron chi connectivity index (χ3n) is 4.05. The topological polar surface area (TPSA) is 71.9 Å². The van der Waals surface area contributed by atoms with Crippen LogP contribution in [0.15, 0.2) is 54.9 Å². The number of aromatic nitrogens is 3. The number of rotatable bonds is 8. The molecule has 0 saturated carbocycles. The van der Waals surface area contributed by atoms with Gasteiger partial charge in [-0.25, -0.2) is 4.98 Å². The van der Waals surface area contributed by atoms with Crippen molar-refractivity contribution in [3.8, 4) is 11.6 Å². The average Bonchev–Trinajstić information content (AvgIpc) is 3.09. The quantitative estimate of drug-likeness (QED) is 0.456. The van der Waals surface area contributed by atoms with Gasteiger partial charge in [-0.1, -0.05) is 37.6 Å². The van der Waals surface area contributed by atoms with Crippen LogP contribution in [-0.4, -0.2) is 27.0 Å². The minimum absolute atomic E-state index is 0.227. The molecule has 27 heavy (non-hydrogen) atoms. The number of benzene rings is 1. The largest absolute Gasteiger partial charge is 0.477 e. The molecule has 2 N–H and O–H groups in total. The molecule has 0 aliphatic carbocycles. The van der Waals surface area contributed by atoms with E-state index in [1.807, 2.05) is 42.5 Å². The van der Waals surface area contributed by atoms with E-state index in [4.69, 9.17) is 17.0 Å². The average molecular weight is 382 g/mol. The van der Waals surface area contributed by atoms with Crippen LogP contribution in [0.5, 0.6) is 5.88 Å². The Morgan fingerprint density at radius 3 is 2.85 bits per heavy atom. The Hall–Kier alpha value is -2.93. The van der Waals surface area contributed by atoms with Crippen LogP contribution in [0.3, 0.4) is 0 Å². The van der Waals surface area contributed by atoms with Gasteiger partial charge in [0.05, 0.1) is 6.61 Å². The van der Waals surface area contributed by atoms with Crippen molar-refractivity contribution in [1.82, 2.24) is 19.9 Å². The summed E-state index contributed by atoms with van der Waals surface area (Å²) in [5.74, 6) is 0.328. The van der Waals surface area contributed by atoms with Crippen LogP contribution in [0.25, 0.3) is 5.69 Å². The Labute approximate surface area is 163 Å². The maximum atomic E-state index is 12.7.